The maximum Gasteiger partial charge on any atom is 0.335 e. The predicted octanol–water partition coefficient (Wildman–Crippen LogP) is 2.26. The normalized spacial score (nSPS) is 11.0. The van der Waals surface area contributed by atoms with E-state index in [2.05, 4.69) is 0 Å². The molecule has 2 N–H and O–H groups in total. The molecule has 2 aromatic carbocycles. The number of halogens is 1. The van der Waals surface area contributed by atoms with Gasteiger partial charge in [-0.1, -0.05) is 17.7 Å². The van der Waals surface area contributed by atoms with E-state index in [0.717, 1.165) is 4.57 Å². The third kappa shape index (κ3) is 2.11. The second-order valence-corrected chi connectivity index (χ2v) is 5.18. The quantitative estimate of drug-likeness (QED) is 0.701. The van der Waals surface area contributed by atoms with Crippen LogP contribution in [0.3, 0.4) is 0 Å². The summed E-state index contributed by atoms with van der Waals surface area (Å²) in [5.74, 6) is -0.432. The van der Waals surface area contributed by atoms with Gasteiger partial charge in [0.15, 0.2) is 0 Å². The van der Waals surface area contributed by atoms with Crippen molar-refractivity contribution < 1.29 is 4.79 Å². The molecule has 0 aliphatic rings. The fraction of sp³-hybridized carbons (Fsp3) is 0.0667. The molecule has 0 bridgehead atoms. The number of nitrogen functional groups attached to an aromatic ring is 1. The summed E-state index contributed by atoms with van der Waals surface area (Å²) in [4.78, 5) is 24.9. The fourth-order valence-corrected chi connectivity index (χ4v) is 2.50. The lowest BCUT2D eigenvalue weighted by atomic mass is 10.2. The summed E-state index contributed by atoms with van der Waals surface area (Å²) in [7, 11) is 1.61. The second-order valence-electron chi connectivity index (χ2n) is 4.74. The Hall–Kier alpha value is -2.53. The van der Waals surface area contributed by atoms with Gasteiger partial charge < -0.3 is 5.73 Å². The van der Waals surface area contributed by atoms with E-state index in [9.17, 15) is 9.59 Å². The van der Waals surface area contributed by atoms with Crippen LogP contribution in [-0.4, -0.2) is 15.0 Å². The average Bonchev–Trinajstić information content (AvgIpc) is 2.70. The Morgan fingerprint density at radius 3 is 2.62 bits per heavy atom. The number of benzene rings is 2. The summed E-state index contributed by atoms with van der Waals surface area (Å²) < 4.78 is 2.52. The number of anilines is 1. The van der Waals surface area contributed by atoms with Crippen molar-refractivity contribution in [2.24, 2.45) is 7.05 Å². The van der Waals surface area contributed by atoms with E-state index >= 15 is 0 Å². The number of rotatable bonds is 1. The molecule has 0 unspecified atom stereocenters. The van der Waals surface area contributed by atoms with Crippen LogP contribution in [0.5, 0.6) is 0 Å². The van der Waals surface area contributed by atoms with Crippen LogP contribution in [0.1, 0.15) is 10.4 Å². The summed E-state index contributed by atoms with van der Waals surface area (Å²) in [5.41, 5.74) is 7.30. The molecule has 6 heteroatoms. The smallest absolute Gasteiger partial charge is 0.335 e. The van der Waals surface area contributed by atoms with Crippen LogP contribution in [0.4, 0.5) is 5.69 Å². The molecule has 0 saturated carbocycles. The van der Waals surface area contributed by atoms with Crippen LogP contribution in [0.2, 0.25) is 5.02 Å². The van der Waals surface area contributed by atoms with Gasteiger partial charge in [-0.2, -0.15) is 0 Å². The van der Waals surface area contributed by atoms with Gasteiger partial charge in [-0.3, -0.25) is 9.36 Å². The monoisotopic (exact) mass is 301 g/mol. The van der Waals surface area contributed by atoms with Crippen molar-refractivity contribution in [3.63, 3.8) is 0 Å². The molecule has 21 heavy (non-hydrogen) atoms. The highest BCUT2D eigenvalue weighted by atomic mass is 35.5. The minimum Gasteiger partial charge on any atom is -0.399 e. The summed E-state index contributed by atoms with van der Waals surface area (Å²) in [6, 6.07) is 11.5. The van der Waals surface area contributed by atoms with E-state index in [-0.39, 0.29) is 0 Å². The van der Waals surface area contributed by atoms with E-state index in [1.54, 1.807) is 43.4 Å². The lowest BCUT2D eigenvalue weighted by Gasteiger charge is -2.03. The Balaban J connectivity index is 2.30. The minimum atomic E-state index is -0.432. The number of hydrogen-bond acceptors (Lipinski definition) is 3. The Kier molecular flexibility index (Phi) is 3.07. The molecular weight excluding hydrogens is 290 g/mol. The highest BCUT2D eigenvalue weighted by molar-refractivity contribution is 6.31. The first-order chi connectivity index (χ1) is 9.99. The van der Waals surface area contributed by atoms with Gasteiger partial charge in [-0.05, 0) is 36.4 Å². The molecule has 0 aliphatic carbocycles. The Bertz CT molecular complexity index is 924. The molecule has 0 radical (unpaired) electrons. The number of fused-ring (bicyclic) bond motifs is 1. The van der Waals surface area contributed by atoms with Crippen molar-refractivity contribution >= 4 is 34.2 Å². The number of imidazole rings is 1. The largest absolute Gasteiger partial charge is 0.399 e. The molecule has 1 heterocycles. The molecule has 0 saturated heterocycles. The van der Waals surface area contributed by atoms with Crippen molar-refractivity contribution in [3.8, 4) is 0 Å². The fourth-order valence-electron chi connectivity index (χ4n) is 2.31. The van der Waals surface area contributed by atoms with Crippen molar-refractivity contribution in [1.29, 1.82) is 0 Å². The van der Waals surface area contributed by atoms with Gasteiger partial charge in [-0.15, -0.1) is 0 Å². The first-order valence-corrected chi connectivity index (χ1v) is 6.64. The lowest BCUT2D eigenvalue weighted by Crippen LogP contribution is -2.28. The number of nitrogens with two attached hydrogens (primary N) is 1. The molecule has 0 fully saturated rings. The van der Waals surface area contributed by atoms with Crippen LogP contribution >= 0.6 is 11.6 Å². The zero-order chi connectivity index (χ0) is 15.1. The van der Waals surface area contributed by atoms with Crippen molar-refractivity contribution in [1.82, 2.24) is 9.13 Å². The Labute approximate surface area is 125 Å². The maximum absolute atomic E-state index is 12.6. The molecule has 5 nitrogen and oxygen atoms in total. The molecule has 106 valence electrons. The van der Waals surface area contributed by atoms with Crippen LogP contribution < -0.4 is 11.4 Å². The molecule has 0 amide bonds. The molecule has 1 aromatic heterocycles. The van der Waals surface area contributed by atoms with Crippen LogP contribution in [0, 0.1) is 0 Å². The molecular formula is C15H12ClN3O2. The van der Waals surface area contributed by atoms with Crippen molar-refractivity contribution in [3.05, 3.63) is 63.5 Å². The summed E-state index contributed by atoms with van der Waals surface area (Å²) in [6.07, 6.45) is 0. The summed E-state index contributed by atoms with van der Waals surface area (Å²) >= 11 is 5.90. The average molecular weight is 302 g/mol. The highest BCUT2D eigenvalue weighted by Gasteiger charge is 2.18. The molecule has 3 aromatic rings. The van der Waals surface area contributed by atoms with E-state index in [4.69, 9.17) is 17.3 Å². The molecule has 0 atom stereocenters. The first kappa shape index (κ1) is 13.5. The third-order valence-electron chi connectivity index (χ3n) is 3.35. The van der Waals surface area contributed by atoms with E-state index in [1.165, 1.54) is 10.6 Å². The molecule has 3 rings (SSSR count). The van der Waals surface area contributed by atoms with Crippen LogP contribution in [0.25, 0.3) is 11.0 Å². The zero-order valence-electron chi connectivity index (χ0n) is 11.2. The number of carbonyl (C=O) groups is 1. The standard InChI is InChI=1S/C15H12ClN3O2/c1-18-12-6-5-11(17)8-13(12)19(15(18)21)14(20)9-3-2-4-10(16)7-9/h2-8H,17H2,1H3. The Morgan fingerprint density at radius 1 is 1.14 bits per heavy atom. The second kappa shape index (κ2) is 4.79. The summed E-state index contributed by atoms with van der Waals surface area (Å²) in [5, 5.41) is 0.439. The number of nitrogens with zero attached hydrogens (tertiary/aromatic N) is 2. The topological polar surface area (TPSA) is 70.0 Å². The van der Waals surface area contributed by atoms with E-state index in [0.29, 0.717) is 27.3 Å². The highest BCUT2D eigenvalue weighted by Crippen LogP contribution is 2.18. The number of carbonyl (C=O) groups excluding carboxylic acids is 1. The maximum atomic E-state index is 12.6. The SMILES string of the molecule is Cn1c(=O)n(C(=O)c2cccc(Cl)c2)c2cc(N)ccc21. The lowest BCUT2D eigenvalue weighted by molar-refractivity contribution is 0.0960. The minimum absolute atomic E-state index is 0.347. The zero-order valence-corrected chi connectivity index (χ0v) is 12.0. The van der Waals surface area contributed by atoms with Gasteiger partial charge in [0.2, 0.25) is 0 Å². The van der Waals surface area contributed by atoms with E-state index < -0.39 is 11.6 Å². The van der Waals surface area contributed by atoms with Gasteiger partial charge in [0.1, 0.15) is 0 Å². The van der Waals surface area contributed by atoms with E-state index in [1.807, 2.05) is 0 Å². The van der Waals surface area contributed by atoms with Gasteiger partial charge >= 0.3 is 5.69 Å². The predicted molar refractivity (Wildman–Crippen MR) is 82.8 cm³/mol. The summed E-state index contributed by atoms with van der Waals surface area (Å²) in [6.45, 7) is 0. The molecule has 0 spiro atoms. The van der Waals surface area contributed by atoms with Gasteiger partial charge in [0.05, 0.1) is 11.0 Å². The molecule has 0 aliphatic heterocycles. The van der Waals surface area contributed by atoms with Gasteiger partial charge in [0, 0.05) is 23.3 Å². The first-order valence-electron chi connectivity index (χ1n) is 6.26. The van der Waals surface area contributed by atoms with Crippen molar-refractivity contribution in [2.45, 2.75) is 0 Å². The number of aromatic nitrogens is 2. The van der Waals surface area contributed by atoms with Crippen molar-refractivity contribution in [2.75, 3.05) is 5.73 Å². The number of hydrogen-bond donors (Lipinski definition) is 1. The number of aryl methyl sites for hydroxylation is 1. The van der Waals surface area contributed by atoms with Gasteiger partial charge in [-0.25, -0.2) is 9.36 Å². The van der Waals surface area contributed by atoms with Crippen LogP contribution in [-0.2, 0) is 7.05 Å². The van der Waals surface area contributed by atoms with Crippen LogP contribution in [0.15, 0.2) is 47.3 Å². The Morgan fingerprint density at radius 2 is 1.90 bits per heavy atom. The third-order valence-corrected chi connectivity index (χ3v) is 3.59. The van der Waals surface area contributed by atoms with Gasteiger partial charge in [0.25, 0.3) is 5.91 Å².